The number of piperidine rings is 1. The summed E-state index contributed by atoms with van der Waals surface area (Å²) < 4.78 is 24.5. The average Bonchev–Trinajstić information content (AvgIpc) is 3.20. The lowest BCUT2D eigenvalue weighted by Gasteiger charge is -2.31. The van der Waals surface area contributed by atoms with Gasteiger partial charge in [0.25, 0.3) is 5.91 Å². The Kier molecular flexibility index (Phi) is 6.28. The number of nitrogens with one attached hydrogen (secondary N) is 1. The van der Waals surface area contributed by atoms with Crippen LogP contribution in [0.5, 0.6) is 5.75 Å². The smallest absolute Gasteiger partial charge is 0.254 e. The van der Waals surface area contributed by atoms with E-state index in [9.17, 15) is 9.18 Å². The van der Waals surface area contributed by atoms with E-state index in [4.69, 9.17) is 9.26 Å². The molecule has 1 N–H and O–H groups in total. The monoisotopic (exact) mass is 411 g/mol. The summed E-state index contributed by atoms with van der Waals surface area (Å²) in [4.78, 5) is 14.3. The standard InChI is InChI=1S/C23H26FN3O3/c1-25-23(28)19-5-2-3-6-20(19)29-14-4-11-27-12-9-16(10-13-27)22-18-8-7-17(24)15-21(18)30-26-22/h2-3,5-8,15-16H,4,9-14H2,1H3,(H,25,28). The van der Waals surface area contributed by atoms with E-state index in [1.807, 2.05) is 18.2 Å². The lowest BCUT2D eigenvalue weighted by atomic mass is 9.91. The van der Waals surface area contributed by atoms with Gasteiger partial charge < -0.3 is 19.5 Å². The van der Waals surface area contributed by atoms with Crippen LogP contribution < -0.4 is 10.1 Å². The number of halogens is 1. The molecule has 1 amide bonds. The molecule has 1 saturated heterocycles. The van der Waals surface area contributed by atoms with Crippen LogP contribution in [0.1, 0.15) is 41.2 Å². The van der Waals surface area contributed by atoms with Crippen LogP contribution in [0.25, 0.3) is 11.0 Å². The van der Waals surface area contributed by atoms with E-state index in [0.717, 1.165) is 50.0 Å². The van der Waals surface area contributed by atoms with Gasteiger partial charge in [-0.05, 0) is 56.6 Å². The molecule has 1 aliphatic rings. The molecular formula is C23H26FN3O3. The van der Waals surface area contributed by atoms with E-state index < -0.39 is 0 Å². The van der Waals surface area contributed by atoms with Crippen LogP contribution in [0.3, 0.4) is 0 Å². The maximum absolute atomic E-state index is 13.4. The van der Waals surface area contributed by atoms with Gasteiger partial charge >= 0.3 is 0 Å². The fourth-order valence-electron chi connectivity index (χ4n) is 4.04. The van der Waals surface area contributed by atoms with Gasteiger partial charge in [0.1, 0.15) is 11.6 Å². The Bertz CT molecular complexity index is 1010. The molecular weight excluding hydrogens is 385 g/mol. The number of para-hydroxylation sites is 1. The van der Waals surface area contributed by atoms with Gasteiger partial charge in [-0.1, -0.05) is 17.3 Å². The summed E-state index contributed by atoms with van der Waals surface area (Å²) in [7, 11) is 1.61. The molecule has 0 radical (unpaired) electrons. The number of likely N-dealkylation sites (tertiary alicyclic amines) is 1. The van der Waals surface area contributed by atoms with Gasteiger partial charge in [-0.25, -0.2) is 4.39 Å². The lowest BCUT2D eigenvalue weighted by molar-refractivity contribution is 0.0958. The second-order valence-electron chi connectivity index (χ2n) is 7.60. The first kappa shape index (κ1) is 20.3. The van der Waals surface area contributed by atoms with Gasteiger partial charge in [-0.3, -0.25) is 4.79 Å². The molecule has 1 fully saturated rings. The Morgan fingerprint density at radius 1 is 1.27 bits per heavy atom. The first-order valence-electron chi connectivity index (χ1n) is 10.4. The SMILES string of the molecule is CNC(=O)c1ccccc1OCCCN1CCC(c2noc3cc(F)ccc23)CC1. The second-order valence-corrected chi connectivity index (χ2v) is 7.60. The minimum atomic E-state index is -0.305. The van der Waals surface area contributed by atoms with E-state index in [1.165, 1.54) is 12.1 Å². The summed E-state index contributed by atoms with van der Waals surface area (Å²) in [5.41, 5.74) is 2.01. The van der Waals surface area contributed by atoms with Gasteiger partial charge in [0.05, 0.1) is 17.9 Å². The van der Waals surface area contributed by atoms with Crippen molar-refractivity contribution in [3.05, 3.63) is 59.5 Å². The zero-order valence-electron chi connectivity index (χ0n) is 17.1. The molecule has 2 heterocycles. The van der Waals surface area contributed by atoms with Crippen LogP contribution in [-0.2, 0) is 0 Å². The van der Waals surface area contributed by atoms with Crippen molar-refractivity contribution < 1.29 is 18.4 Å². The average molecular weight is 411 g/mol. The Morgan fingerprint density at radius 2 is 2.07 bits per heavy atom. The molecule has 1 aromatic heterocycles. The molecule has 0 saturated carbocycles. The molecule has 3 aromatic rings. The Labute approximate surface area is 175 Å². The number of benzene rings is 2. The van der Waals surface area contributed by atoms with Crippen LogP contribution in [0.15, 0.2) is 47.0 Å². The van der Waals surface area contributed by atoms with Crippen LogP contribution >= 0.6 is 0 Å². The van der Waals surface area contributed by atoms with Gasteiger partial charge in [0, 0.05) is 31.0 Å². The number of aromatic nitrogens is 1. The van der Waals surface area contributed by atoms with Crippen molar-refractivity contribution in [2.24, 2.45) is 0 Å². The van der Waals surface area contributed by atoms with E-state index in [0.29, 0.717) is 29.4 Å². The maximum atomic E-state index is 13.4. The van der Waals surface area contributed by atoms with E-state index >= 15 is 0 Å². The topological polar surface area (TPSA) is 67.6 Å². The molecule has 7 heteroatoms. The summed E-state index contributed by atoms with van der Waals surface area (Å²) in [6.45, 7) is 3.47. The summed E-state index contributed by atoms with van der Waals surface area (Å²) in [6.07, 6.45) is 2.89. The zero-order chi connectivity index (χ0) is 20.9. The Hall–Kier alpha value is -2.93. The van der Waals surface area contributed by atoms with E-state index in [2.05, 4.69) is 15.4 Å². The molecule has 0 unspecified atom stereocenters. The number of nitrogens with zero attached hydrogens (tertiary/aromatic N) is 2. The molecule has 2 aromatic carbocycles. The molecule has 4 rings (SSSR count). The van der Waals surface area contributed by atoms with Crippen LogP contribution in [0, 0.1) is 5.82 Å². The van der Waals surface area contributed by atoms with Crippen molar-refractivity contribution in [2.45, 2.75) is 25.2 Å². The normalized spacial score (nSPS) is 15.4. The number of fused-ring (bicyclic) bond motifs is 1. The zero-order valence-corrected chi connectivity index (χ0v) is 17.1. The van der Waals surface area contributed by atoms with Crippen molar-refractivity contribution in [1.29, 1.82) is 0 Å². The first-order valence-corrected chi connectivity index (χ1v) is 10.4. The van der Waals surface area contributed by atoms with Gasteiger partial charge in [0.2, 0.25) is 0 Å². The van der Waals surface area contributed by atoms with Crippen LogP contribution in [0.2, 0.25) is 0 Å². The van der Waals surface area contributed by atoms with Gasteiger partial charge in [-0.2, -0.15) is 0 Å². The van der Waals surface area contributed by atoms with Gasteiger partial charge in [-0.15, -0.1) is 0 Å². The van der Waals surface area contributed by atoms with Crippen molar-refractivity contribution >= 4 is 16.9 Å². The fourth-order valence-corrected chi connectivity index (χ4v) is 4.04. The molecule has 158 valence electrons. The van der Waals surface area contributed by atoms with Gasteiger partial charge in [0.15, 0.2) is 5.58 Å². The van der Waals surface area contributed by atoms with E-state index in [-0.39, 0.29) is 11.7 Å². The molecule has 6 nitrogen and oxygen atoms in total. The minimum absolute atomic E-state index is 0.143. The first-order chi connectivity index (χ1) is 14.7. The second kappa shape index (κ2) is 9.26. The largest absolute Gasteiger partial charge is 0.493 e. The molecule has 0 spiro atoms. The third-order valence-corrected chi connectivity index (χ3v) is 5.67. The summed E-state index contributed by atoms with van der Waals surface area (Å²) in [5.74, 6) is 0.504. The third-order valence-electron chi connectivity index (χ3n) is 5.67. The summed E-state index contributed by atoms with van der Waals surface area (Å²) in [5, 5.41) is 7.76. The highest BCUT2D eigenvalue weighted by atomic mass is 19.1. The molecule has 0 atom stereocenters. The summed E-state index contributed by atoms with van der Waals surface area (Å²) in [6, 6.07) is 11.9. The molecule has 0 bridgehead atoms. The van der Waals surface area contributed by atoms with Crippen LogP contribution in [-0.4, -0.2) is 49.3 Å². The maximum Gasteiger partial charge on any atom is 0.254 e. The Morgan fingerprint density at radius 3 is 2.87 bits per heavy atom. The number of ether oxygens (including phenoxy) is 1. The van der Waals surface area contributed by atoms with Crippen molar-refractivity contribution in [3.8, 4) is 5.75 Å². The molecule has 0 aliphatic carbocycles. The summed E-state index contributed by atoms with van der Waals surface area (Å²) >= 11 is 0. The third kappa shape index (κ3) is 4.46. The number of carbonyl (C=O) groups is 1. The number of rotatable bonds is 7. The lowest BCUT2D eigenvalue weighted by Crippen LogP contribution is -2.34. The van der Waals surface area contributed by atoms with Crippen LogP contribution in [0.4, 0.5) is 4.39 Å². The predicted octanol–water partition coefficient (Wildman–Crippen LogP) is 3.98. The minimum Gasteiger partial charge on any atom is -0.493 e. The van der Waals surface area contributed by atoms with E-state index in [1.54, 1.807) is 19.2 Å². The van der Waals surface area contributed by atoms with Crippen molar-refractivity contribution in [1.82, 2.24) is 15.4 Å². The number of hydrogen-bond acceptors (Lipinski definition) is 5. The van der Waals surface area contributed by atoms with Crippen molar-refractivity contribution in [2.75, 3.05) is 33.3 Å². The highest BCUT2D eigenvalue weighted by molar-refractivity contribution is 5.96. The number of hydrogen-bond donors (Lipinski definition) is 1. The fraction of sp³-hybridized carbons (Fsp3) is 0.391. The quantitative estimate of drug-likeness (QED) is 0.596. The number of carbonyl (C=O) groups excluding carboxylic acids is 1. The molecule has 30 heavy (non-hydrogen) atoms. The predicted molar refractivity (Wildman–Crippen MR) is 112 cm³/mol. The highest BCUT2D eigenvalue weighted by Gasteiger charge is 2.25. The Balaban J connectivity index is 1.24. The highest BCUT2D eigenvalue weighted by Crippen LogP contribution is 2.32. The van der Waals surface area contributed by atoms with Crippen molar-refractivity contribution in [3.63, 3.8) is 0 Å². The number of amides is 1. The molecule has 1 aliphatic heterocycles.